The summed E-state index contributed by atoms with van der Waals surface area (Å²) >= 11 is 0. The molecule has 2 aliphatic rings. The molecule has 208 valence electrons. The van der Waals surface area contributed by atoms with Crippen LogP contribution in [0.15, 0.2) is 66.0 Å². The van der Waals surface area contributed by atoms with Crippen LogP contribution in [0.25, 0.3) is 48.1 Å². The maximum atomic E-state index is 13.9. The highest BCUT2D eigenvalue weighted by atomic mass is 19.4. The van der Waals surface area contributed by atoms with Gasteiger partial charge in [-0.05, 0) is 75.2 Å². The second-order valence-electron chi connectivity index (χ2n) is 9.77. The minimum Gasteiger partial charge on any atom is -0.237 e. The largest absolute Gasteiger partial charge is 0.417 e. The lowest BCUT2D eigenvalue weighted by Gasteiger charge is -2.14. The highest BCUT2D eigenvalue weighted by Crippen LogP contribution is 2.55. The van der Waals surface area contributed by atoms with E-state index in [-0.39, 0.29) is 61.5 Å². The van der Waals surface area contributed by atoms with Gasteiger partial charge in [0.1, 0.15) is 6.07 Å². The number of halogens is 3. The van der Waals surface area contributed by atoms with Crippen LogP contribution in [-0.4, -0.2) is 0 Å². The van der Waals surface area contributed by atoms with E-state index < -0.39 is 23.0 Å². The summed E-state index contributed by atoms with van der Waals surface area (Å²) in [4.78, 5) is 10.4. The zero-order valence-corrected chi connectivity index (χ0v) is 23.0. The summed E-state index contributed by atoms with van der Waals surface area (Å²) in [6, 6.07) is 20.0. The van der Waals surface area contributed by atoms with Crippen molar-refractivity contribution in [1.29, 1.82) is 21.0 Å². The first kappa shape index (κ1) is 29.3. The third-order valence-corrected chi connectivity index (χ3v) is 7.41. The Morgan fingerprint density at radius 3 is 1.76 bits per heavy atom. The fraction of sp³-hybridized carbons (Fsp3) is 0.0571. The first-order valence-corrected chi connectivity index (χ1v) is 12.8. The normalized spacial score (nSPS) is 15.3. The van der Waals surface area contributed by atoms with Crippen LogP contribution < -0.4 is 0 Å². The minimum absolute atomic E-state index is 0.0772. The number of nitrogens with zero attached hydrogens (tertiary/aromatic N) is 7. The Hall–Kier alpha value is -7.16. The molecule has 0 saturated heterocycles. The summed E-state index contributed by atoms with van der Waals surface area (Å²) in [5.74, 6) is 0. The lowest BCUT2D eigenvalue weighted by molar-refractivity contribution is -0.137. The van der Waals surface area contributed by atoms with Crippen LogP contribution in [-0.2, 0) is 6.18 Å². The zero-order chi connectivity index (χ0) is 32.6. The monoisotopic (exact) mass is 587 g/mol. The van der Waals surface area contributed by atoms with Gasteiger partial charge in [-0.15, -0.1) is 0 Å². The van der Waals surface area contributed by atoms with E-state index in [4.69, 9.17) is 19.7 Å². The molecule has 2 aliphatic carbocycles. The predicted molar refractivity (Wildman–Crippen MR) is 158 cm³/mol. The van der Waals surface area contributed by atoms with Crippen LogP contribution in [0.3, 0.4) is 0 Å². The molecular weight excluding hydrogens is 575 g/mol. The lowest BCUT2D eigenvalue weighted by atomic mass is 9.91. The van der Waals surface area contributed by atoms with Gasteiger partial charge in [-0.1, -0.05) is 42.0 Å². The topological polar surface area (TPSA) is 108 Å². The van der Waals surface area contributed by atoms with E-state index in [0.717, 1.165) is 11.6 Å². The molecule has 10 heteroatoms. The number of hydrogen-bond donors (Lipinski definition) is 0. The fourth-order valence-electron chi connectivity index (χ4n) is 5.52. The Morgan fingerprint density at radius 1 is 0.689 bits per heavy atom. The van der Waals surface area contributed by atoms with Gasteiger partial charge in [0.15, 0.2) is 0 Å². The summed E-state index contributed by atoms with van der Waals surface area (Å²) < 4.78 is 41.8. The van der Waals surface area contributed by atoms with Crippen molar-refractivity contribution in [3.8, 4) is 24.3 Å². The molecule has 0 aromatic heterocycles. The summed E-state index contributed by atoms with van der Waals surface area (Å²) in [7, 11) is 0. The van der Waals surface area contributed by atoms with Crippen molar-refractivity contribution in [2.75, 3.05) is 0 Å². The van der Waals surface area contributed by atoms with E-state index in [2.05, 4.69) is 14.5 Å². The molecule has 0 fully saturated rings. The van der Waals surface area contributed by atoms with E-state index in [0.29, 0.717) is 17.2 Å². The summed E-state index contributed by atoms with van der Waals surface area (Å²) in [6.07, 6.45) is -4.92. The van der Waals surface area contributed by atoms with Gasteiger partial charge < -0.3 is 0 Å². The number of aryl methyl sites for hydroxylation is 1. The van der Waals surface area contributed by atoms with E-state index in [1.165, 1.54) is 24.3 Å². The number of allylic oxidation sites excluding steroid dienone is 7. The fourth-order valence-corrected chi connectivity index (χ4v) is 5.52. The third-order valence-electron chi connectivity index (χ3n) is 7.41. The van der Waals surface area contributed by atoms with Crippen LogP contribution in [0.5, 0.6) is 0 Å². The lowest BCUT2D eigenvalue weighted by Crippen LogP contribution is -2.08. The number of rotatable bonds is 2. The van der Waals surface area contributed by atoms with Crippen molar-refractivity contribution in [2.45, 2.75) is 13.1 Å². The Morgan fingerprint density at radius 2 is 1.24 bits per heavy atom. The number of fused-ring (bicyclic) bond motifs is 2. The van der Waals surface area contributed by atoms with E-state index >= 15 is 0 Å². The molecule has 0 unspecified atom stereocenters. The summed E-state index contributed by atoms with van der Waals surface area (Å²) in [5, 5.41) is 39.4. The second kappa shape index (κ2) is 10.9. The quantitative estimate of drug-likeness (QED) is 0.221. The molecule has 0 saturated carbocycles. The molecule has 0 radical (unpaired) electrons. The van der Waals surface area contributed by atoms with E-state index in [9.17, 15) is 34.2 Å². The number of alkyl halides is 3. The minimum atomic E-state index is -4.92. The maximum absolute atomic E-state index is 13.9. The summed E-state index contributed by atoms with van der Waals surface area (Å²) in [5.41, 5.74) is -0.415. The molecule has 0 spiro atoms. The van der Waals surface area contributed by atoms with E-state index in [1.807, 2.05) is 19.1 Å². The smallest absolute Gasteiger partial charge is 0.237 e. The Balaban J connectivity index is 1.92. The molecule has 0 bridgehead atoms. The van der Waals surface area contributed by atoms with Gasteiger partial charge in [-0.2, -0.15) is 23.7 Å². The number of hydrogen-bond acceptors (Lipinski definition) is 4. The molecule has 0 aliphatic heterocycles. The average molecular weight is 588 g/mol. The van der Waals surface area contributed by atoms with Crippen molar-refractivity contribution in [3.05, 3.63) is 150 Å². The molecule has 45 heavy (non-hydrogen) atoms. The Bertz CT molecular complexity index is 2290. The molecule has 0 heterocycles. The van der Waals surface area contributed by atoms with Crippen molar-refractivity contribution in [2.24, 2.45) is 0 Å². The van der Waals surface area contributed by atoms with Crippen LogP contribution in [0.4, 0.5) is 13.2 Å². The van der Waals surface area contributed by atoms with Crippen molar-refractivity contribution in [1.82, 2.24) is 0 Å². The first-order valence-electron chi connectivity index (χ1n) is 12.8. The van der Waals surface area contributed by atoms with Crippen LogP contribution in [0.2, 0.25) is 0 Å². The Labute approximate surface area is 255 Å². The predicted octanol–water partition coefficient (Wildman–Crippen LogP) is 8.44. The molecule has 5 rings (SSSR count). The van der Waals surface area contributed by atoms with Gasteiger partial charge in [0, 0.05) is 5.57 Å². The van der Waals surface area contributed by atoms with Gasteiger partial charge >= 0.3 is 6.18 Å². The van der Waals surface area contributed by atoms with Gasteiger partial charge in [0.2, 0.25) is 5.70 Å². The number of nitriles is 4. The SMILES string of the molecule is [C-]#[N+]C1=C(c2ccc(C)cc2)/C(=C(/C#N)[N+]#[C-])c2cc3c(cc21)/C(=C(/C#N)[N+]#[C-])C(c1ccc(C#N)c(C(F)(F)F)c1)=C3C#N. The molecular formula is C35H12F3N7. The molecule has 0 amide bonds. The van der Waals surface area contributed by atoms with Crippen LogP contribution in [0.1, 0.15) is 50.1 Å². The van der Waals surface area contributed by atoms with Gasteiger partial charge in [0.05, 0.1) is 54.6 Å². The molecule has 7 nitrogen and oxygen atoms in total. The van der Waals surface area contributed by atoms with Crippen LogP contribution >= 0.6 is 0 Å². The first-order chi connectivity index (χ1) is 21.6. The highest BCUT2D eigenvalue weighted by Gasteiger charge is 2.39. The van der Waals surface area contributed by atoms with Gasteiger partial charge in [0.25, 0.3) is 11.4 Å². The Kier molecular flexibility index (Phi) is 7.12. The maximum Gasteiger partial charge on any atom is 0.417 e. The van der Waals surface area contributed by atoms with Crippen molar-refractivity contribution >= 4 is 33.6 Å². The standard InChI is InChI=1S/C35H12F3N7/c1-18-5-7-19(8-6-18)31-33(29(17-42)44-3)24-12-22-23(13-25(24)34(31)45-4)32(28(16-41)43-2)30(26(22)15-40)20-9-10-21(14-39)27(11-20)35(36,37)38/h5-13H,1H3/b32-28+,33-29-. The average Bonchev–Trinajstić information content (AvgIpc) is 3.52. The van der Waals surface area contributed by atoms with Crippen LogP contribution in [0, 0.1) is 72.0 Å². The van der Waals surface area contributed by atoms with Crippen molar-refractivity contribution < 1.29 is 13.2 Å². The molecule has 3 aromatic carbocycles. The van der Waals surface area contributed by atoms with Crippen molar-refractivity contribution in [3.63, 3.8) is 0 Å². The van der Waals surface area contributed by atoms with E-state index in [1.54, 1.807) is 30.3 Å². The number of benzene rings is 3. The highest BCUT2D eigenvalue weighted by molar-refractivity contribution is 6.29. The summed E-state index contributed by atoms with van der Waals surface area (Å²) in [6.45, 7) is 25.3. The zero-order valence-electron chi connectivity index (χ0n) is 23.0. The molecule has 0 atom stereocenters. The second-order valence-corrected chi connectivity index (χ2v) is 9.77. The third kappa shape index (κ3) is 4.49. The molecule has 3 aromatic rings. The van der Waals surface area contributed by atoms with Gasteiger partial charge in [-0.3, -0.25) is 0 Å². The van der Waals surface area contributed by atoms with Gasteiger partial charge in [-0.25, -0.2) is 25.1 Å². The molecule has 0 N–H and O–H groups in total.